The molecule has 0 aromatic heterocycles. The van der Waals surface area contributed by atoms with Crippen molar-refractivity contribution in [3.8, 4) is 0 Å². The van der Waals surface area contributed by atoms with Crippen LogP contribution in [0.1, 0.15) is 145 Å². The summed E-state index contributed by atoms with van der Waals surface area (Å²) in [6, 6.07) is 0. The van der Waals surface area contributed by atoms with Crippen LogP contribution < -0.4 is 0 Å². The predicted molar refractivity (Wildman–Crippen MR) is 146 cm³/mol. The van der Waals surface area contributed by atoms with Crippen LogP contribution in [0.5, 0.6) is 0 Å². The Kier molecular flexibility index (Phi) is 22.9. The van der Waals surface area contributed by atoms with Crippen LogP contribution in [-0.2, 0) is 9.47 Å². The molecule has 0 atom stereocenters. The molecule has 0 spiro atoms. The van der Waals surface area contributed by atoms with Crippen molar-refractivity contribution in [2.24, 2.45) is 22.7 Å². The summed E-state index contributed by atoms with van der Waals surface area (Å²) < 4.78 is 9.99. The number of hydrogen-bond acceptors (Lipinski definition) is 2. The molecular formula is C30H64O2. The lowest BCUT2D eigenvalue weighted by Crippen LogP contribution is -2.12. The van der Waals surface area contributed by atoms with E-state index >= 15 is 0 Å². The van der Waals surface area contributed by atoms with Crippen molar-refractivity contribution in [2.75, 3.05) is 27.4 Å². The zero-order chi connectivity index (χ0) is 24.9. The summed E-state index contributed by atoms with van der Waals surface area (Å²) >= 11 is 0. The van der Waals surface area contributed by atoms with Gasteiger partial charge in [-0.3, -0.25) is 0 Å². The third-order valence-electron chi connectivity index (χ3n) is 6.13. The lowest BCUT2D eigenvalue weighted by atomic mass is 9.86. The van der Waals surface area contributed by atoms with Gasteiger partial charge in [-0.1, -0.05) is 126 Å². The lowest BCUT2D eigenvalue weighted by Gasteiger charge is -2.20. The molecule has 2 heteroatoms. The van der Waals surface area contributed by atoms with Crippen LogP contribution in [0.2, 0.25) is 0 Å². The van der Waals surface area contributed by atoms with Crippen LogP contribution in [0.15, 0.2) is 0 Å². The number of rotatable bonds is 6. The van der Waals surface area contributed by atoms with E-state index in [1.807, 2.05) is 0 Å². The highest BCUT2D eigenvalue weighted by Crippen LogP contribution is 2.27. The maximum Gasteiger partial charge on any atom is 0.0510 e. The predicted octanol–water partition coefficient (Wildman–Crippen LogP) is 10.1. The molecule has 0 aromatic rings. The highest BCUT2D eigenvalue weighted by Gasteiger charge is 2.12. The zero-order valence-corrected chi connectivity index (χ0v) is 24.3. The first-order valence-corrected chi connectivity index (χ1v) is 14.0. The molecule has 2 nitrogen and oxygen atoms in total. The van der Waals surface area contributed by atoms with Crippen LogP contribution in [0.4, 0.5) is 0 Å². The van der Waals surface area contributed by atoms with Crippen molar-refractivity contribution >= 4 is 0 Å². The maximum atomic E-state index is 5.08. The molecule has 0 unspecified atom stereocenters. The third-order valence-corrected chi connectivity index (χ3v) is 6.13. The third kappa shape index (κ3) is 28.0. The summed E-state index contributed by atoms with van der Waals surface area (Å²) in [5.41, 5.74) is 0.878. The average molecular weight is 457 g/mol. The Morgan fingerprint density at radius 2 is 1.06 bits per heavy atom. The average Bonchev–Trinajstić information content (AvgIpc) is 2.70. The number of hydrogen-bond donors (Lipinski definition) is 0. The molecule has 0 bridgehead atoms. The fourth-order valence-electron chi connectivity index (χ4n) is 4.66. The summed E-state index contributed by atoms with van der Waals surface area (Å²) in [5, 5.41) is 0. The smallest absolute Gasteiger partial charge is 0.0510 e. The molecule has 2 aliphatic carbocycles. The molecule has 2 aliphatic rings. The SMILES string of the molecule is CCCC(C)(C)C.CCCC1CCCCC1.COCC(C)(C)C.COCC1CCCCC1. The second-order valence-corrected chi connectivity index (χ2v) is 12.6. The lowest BCUT2D eigenvalue weighted by molar-refractivity contribution is 0.116. The van der Waals surface area contributed by atoms with Gasteiger partial charge in [0.2, 0.25) is 0 Å². The Balaban J connectivity index is 0. The molecule has 0 saturated heterocycles. The second-order valence-electron chi connectivity index (χ2n) is 12.6. The van der Waals surface area contributed by atoms with E-state index in [0.29, 0.717) is 10.8 Å². The van der Waals surface area contributed by atoms with Crippen molar-refractivity contribution in [1.29, 1.82) is 0 Å². The Morgan fingerprint density at radius 1 is 0.594 bits per heavy atom. The van der Waals surface area contributed by atoms with Crippen molar-refractivity contribution in [3.63, 3.8) is 0 Å². The molecule has 2 saturated carbocycles. The largest absolute Gasteiger partial charge is 0.384 e. The molecule has 2 rings (SSSR count). The van der Waals surface area contributed by atoms with Crippen molar-refractivity contribution in [1.82, 2.24) is 0 Å². The van der Waals surface area contributed by atoms with Crippen LogP contribution in [0.25, 0.3) is 0 Å². The molecule has 0 radical (unpaired) electrons. The first-order valence-electron chi connectivity index (χ1n) is 14.0. The molecular weight excluding hydrogens is 392 g/mol. The van der Waals surface area contributed by atoms with Gasteiger partial charge in [-0.25, -0.2) is 0 Å². The summed E-state index contributed by atoms with van der Waals surface area (Å²) in [4.78, 5) is 0. The van der Waals surface area contributed by atoms with Gasteiger partial charge in [0, 0.05) is 20.8 Å². The molecule has 0 heterocycles. The first-order chi connectivity index (χ1) is 15.0. The van der Waals surface area contributed by atoms with E-state index in [4.69, 9.17) is 9.47 Å². The molecule has 2 fully saturated rings. The normalized spacial score (nSPS) is 17.8. The summed E-state index contributed by atoms with van der Waals surface area (Å²) in [6.45, 7) is 19.6. The van der Waals surface area contributed by atoms with Crippen LogP contribution in [0, 0.1) is 22.7 Å². The minimum atomic E-state index is 0.328. The Morgan fingerprint density at radius 3 is 1.31 bits per heavy atom. The first kappa shape index (κ1) is 34.1. The Hall–Kier alpha value is -0.0800. The van der Waals surface area contributed by atoms with E-state index in [-0.39, 0.29) is 0 Å². The minimum Gasteiger partial charge on any atom is -0.384 e. The maximum absolute atomic E-state index is 5.08. The van der Waals surface area contributed by atoms with Gasteiger partial charge >= 0.3 is 0 Å². The molecule has 0 aromatic carbocycles. The Bertz CT molecular complexity index is 310. The van der Waals surface area contributed by atoms with Gasteiger partial charge in [0.15, 0.2) is 0 Å². The van der Waals surface area contributed by atoms with Crippen molar-refractivity contribution < 1.29 is 9.47 Å². The van der Waals surface area contributed by atoms with Gasteiger partial charge in [-0.15, -0.1) is 0 Å². The van der Waals surface area contributed by atoms with Crippen LogP contribution >= 0.6 is 0 Å². The fraction of sp³-hybridized carbons (Fsp3) is 1.00. The van der Waals surface area contributed by atoms with E-state index in [1.54, 1.807) is 14.2 Å². The van der Waals surface area contributed by atoms with Crippen LogP contribution in [0.3, 0.4) is 0 Å². The highest BCUT2D eigenvalue weighted by molar-refractivity contribution is 4.65. The number of ether oxygens (including phenoxy) is 2. The summed E-state index contributed by atoms with van der Waals surface area (Å²) in [7, 11) is 3.53. The van der Waals surface area contributed by atoms with Crippen molar-refractivity contribution in [2.45, 2.75) is 145 Å². The van der Waals surface area contributed by atoms with Gasteiger partial charge in [-0.2, -0.15) is 0 Å². The topological polar surface area (TPSA) is 18.5 Å². The molecule has 0 aliphatic heterocycles. The van der Waals surface area contributed by atoms with E-state index in [9.17, 15) is 0 Å². The highest BCUT2D eigenvalue weighted by atomic mass is 16.5. The van der Waals surface area contributed by atoms with Crippen molar-refractivity contribution in [3.05, 3.63) is 0 Å². The van der Waals surface area contributed by atoms with Gasteiger partial charge in [0.1, 0.15) is 0 Å². The molecule has 32 heavy (non-hydrogen) atoms. The van der Waals surface area contributed by atoms with Gasteiger partial charge in [0.05, 0.1) is 6.61 Å². The minimum absolute atomic E-state index is 0.328. The van der Waals surface area contributed by atoms with Gasteiger partial charge in [0.25, 0.3) is 0 Å². The standard InChI is InChI=1S/C9H18.C8H16O.C7H16.C6H14O/c1-2-6-9-7-4-3-5-8-9;1-9-7-8-5-3-2-4-6-8;1-5-6-7(2,3)4;1-6(2,3)5-7-4/h9H,2-8H2,1H3;8H,2-7H2,1H3;5-6H2,1-4H3;5H2,1-4H3. The van der Waals surface area contributed by atoms with Crippen LogP contribution in [-0.4, -0.2) is 27.4 Å². The van der Waals surface area contributed by atoms with Gasteiger partial charge < -0.3 is 9.47 Å². The number of methoxy groups -OCH3 is 2. The fourth-order valence-corrected chi connectivity index (χ4v) is 4.66. The Labute approximate surface area is 205 Å². The molecule has 0 N–H and O–H groups in total. The van der Waals surface area contributed by atoms with E-state index in [1.165, 1.54) is 89.9 Å². The molecule has 196 valence electrons. The monoisotopic (exact) mass is 456 g/mol. The summed E-state index contributed by atoms with van der Waals surface area (Å²) in [6.07, 6.45) is 20.2. The zero-order valence-electron chi connectivity index (χ0n) is 24.3. The molecule has 0 amide bonds. The second kappa shape index (κ2) is 21.5. The van der Waals surface area contributed by atoms with E-state index in [2.05, 4.69) is 55.4 Å². The van der Waals surface area contributed by atoms with E-state index in [0.717, 1.165) is 25.0 Å². The quantitative estimate of drug-likeness (QED) is 0.395. The van der Waals surface area contributed by atoms with Gasteiger partial charge in [-0.05, 0) is 41.9 Å². The summed E-state index contributed by atoms with van der Waals surface area (Å²) in [5.74, 6) is 1.98. The van der Waals surface area contributed by atoms with E-state index < -0.39 is 0 Å².